The van der Waals surface area contributed by atoms with Crippen molar-refractivity contribution in [2.75, 3.05) is 19.8 Å². The van der Waals surface area contributed by atoms with E-state index in [0.717, 1.165) is 10.4 Å². The summed E-state index contributed by atoms with van der Waals surface area (Å²) in [4.78, 5) is 13.3. The highest BCUT2D eigenvalue weighted by atomic mass is 32.1. The van der Waals surface area contributed by atoms with Crippen molar-refractivity contribution in [1.82, 2.24) is 10.5 Å². The summed E-state index contributed by atoms with van der Waals surface area (Å²) in [6.07, 6.45) is -0.309. The molecule has 2 N–H and O–H groups in total. The second kappa shape index (κ2) is 8.57. The van der Waals surface area contributed by atoms with E-state index in [1.54, 1.807) is 6.07 Å². The first kappa shape index (κ1) is 17.3. The molecular formula is C18H18N2O4S. The lowest BCUT2D eigenvalue weighted by molar-refractivity contribution is 0.0295. The molecule has 3 aromatic rings. The summed E-state index contributed by atoms with van der Waals surface area (Å²) in [7, 11) is 0. The van der Waals surface area contributed by atoms with E-state index in [-0.39, 0.29) is 37.5 Å². The maximum absolute atomic E-state index is 12.3. The number of thiophene rings is 1. The van der Waals surface area contributed by atoms with Gasteiger partial charge in [-0.1, -0.05) is 41.6 Å². The van der Waals surface area contributed by atoms with Crippen LogP contribution in [0, 0.1) is 0 Å². The summed E-state index contributed by atoms with van der Waals surface area (Å²) in [6, 6.07) is 14.9. The average Bonchev–Trinajstić information content (AvgIpc) is 3.34. The van der Waals surface area contributed by atoms with Crippen LogP contribution in [0.1, 0.15) is 21.5 Å². The molecule has 1 aromatic carbocycles. The van der Waals surface area contributed by atoms with Gasteiger partial charge in [-0.25, -0.2) is 0 Å². The Hall–Kier alpha value is -2.48. The largest absolute Gasteiger partial charge is 0.394 e. The van der Waals surface area contributed by atoms with Crippen LogP contribution in [0.25, 0.3) is 11.3 Å². The number of hydrogen-bond donors (Lipinski definition) is 2. The fraction of sp³-hybridized carbons (Fsp3) is 0.222. The molecule has 7 heteroatoms. The van der Waals surface area contributed by atoms with Gasteiger partial charge in [-0.2, -0.15) is 0 Å². The molecule has 2 heterocycles. The molecule has 0 fully saturated rings. The van der Waals surface area contributed by atoms with Crippen molar-refractivity contribution in [3.63, 3.8) is 0 Å². The van der Waals surface area contributed by atoms with Crippen molar-refractivity contribution in [3.8, 4) is 11.3 Å². The predicted octanol–water partition coefficient (Wildman–Crippen LogP) is 2.88. The highest BCUT2D eigenvalue weighted by Crippen LogP contribution is 2.22. The zero-order valence-electron chi connectivity index (χ0n) is 13.4. The third-order valence-corrected chi connectivity index (χ3v) is 4.48. The second-order valence-corrected chi connectivity index (χ2v) is 6.23. The van der Waals surface area contributed by atoms with Crippen LogP contribution in [0.15, 0.2) is 58.4 Å². The lowest BCUT2D eigenvalue weighted by Gasteiger charge is -2.16. The number of benzene rings is 1. The highest BCUT2D eigenvalue weighted by molar-refractivity contribution is 7.10. The molecule has 0 bridgehead atoms. The van der Waals surface area contributed by atoms with Crippen molar-refractivity contribution >= 4 is 17.2 Å². The van der Waals surface area contributed by atoms with E-state index in [1.807, 2.05) is 47.8 Å². The van der Waals surface area contributed by atoms with E-state index in [9.17, 15) is 4.79 Å². The van der Waals surface area contributed by atoms with E-state index in [4.69, 9.17) is 14.4 Å². The molecule has 3 rings (SSSR count). The minimum atomic E-state index is -0.333. The third-order valence-electron chi connectivity index (χ3n) is 3.52. The summed E-state index contributed by atoms with van der Waals surface area (Å²) in [5, 5.41) is 17.5. The van der Waals surface area contributed by atoms with Crippen molar-refractivity contribution in [2.45, 2.75) is 6.10 Å². The summed E-state index contributed by atoms with van der Waals surface area (Å²) in [5.74, 6) is 0.206. The minimum absolute atomic E-state index is 0.0699. The van der Waals surface area contributed by atoms with E-state index in [1.165, 1.54) is 11.3 Å². The Morgan fingerprint density at radius 1 is 1.28 bits per heavy atom. The van der Waals surface area contributed by atoms with Crippen LogP contribution in [0.2, 0.25) is 0 Å². The first-order chi connectivity index (χ1) is 12.3. The number of ether oxygens (including phenoxy) is 1. The van der Waals surface area contributed by atoms with Gasteiger partial charge in [0.25, 0.3) is 5.91 Å². The van der Waals surface area contributed by atoms with Crippen LogP contribution >= 0.6 is 11.3 Å². The number of aromatic nitrogens is 1. The van der Waals surface area contributed by atoms with Gasteiger partial charge in [0.2, 0.25) is 0 Å². The Labute approximate surface area is 149 Å². The Bertz CT molecular complexity index is 787. The minimum Gasteiger partial charge on any atom is -0.394 e. The van der Waals surface area contributed by atoms with Crippen LogP contribution in [0.4, 0.5) is 0 Å². The van der Waals surface area contributed by atoms with Gasteiger partial charge in [0.1, 0.15) is 6.10 Å². The van der Waals surface area contributed by atoms with E-state index >= 15 is 0 Å². The second-order valence-electron chi connectivity index (χ2n) is 5.25. The number of carbonyl (C=O) groups is 1. The SMILES string of the molecule is O=C(NCC(OCCO)c1cccs1)c1cc(-c2ccccc2)on1. The Morgan fingerprint density at radius 3 is 2.84 bits per heavy atom. The van der Waals surface area contributed by atoms with Crippen LogP contribution in [0.3, 0.4) is 0 Å². The lowest BCUT2D eigenvalue weighted by Crippen LogP contribution is -2.29. The molecule has 2 aromatic heterocycles. The van der Waals surface area contributed by atoms with Crippen LogP contribution < -0.4 is 5.32 Å². The van der Waals surface area contributed by atoms with E-state index < -0.39 is 0 Å². The first-order valence-corrected chi connectivity index (χ1v) is 8.72. The lowest BCUT2D eigenvalue weighted by atomic mass is 10.1. The summed E-state index contributed by atoms with van der Waals surface area (Å²) < 4.78 is 10.8. The number of hydrogen-bond acceptors (Lipinski definition) is 6. The van der Waals surface area contributed by atoms with Crippen molar-refractivity contribution in [3.05, 3.63) is 64.5 Å². The molecular weight excluding hydrogens is 340 g/mol. The summed E-state index contributed by atoms with van der Waals surface area (Å²) in [6.45, 7) is 0.424. The van der Waals surface area contributed by atoms with Crippen LogP contribution in [-0.2, 0) is 4.74 Å². The van der Waals surface area contributed by atoms with Gasteiger partial charge in [-0.3, -0.25) is 4.79 Å². The zero-order chi connectivity index (χ0) is 17.5. The van der Waals surface area contributed by atoms with Gasteiger partial charge in [0.15, 0.2) is 11.5 Å². The molecule has 0 aliphatic rings. The summed E-state index contributed by atoms with van der Waals surface area (Å²) >= 11 is 1.54. The number of aliphatic hydroxyl groups is 1. The van der Waals surface area contributed by atoms with Crippen LogP contribution in [-0.4, -0.2) is 35.9 Å². The van der Waals surface area contributed by atoms with Crippen LogP contribution in [0.5, 0.6) is 0 Å². The van der Waals surface area contributed by atoms with Gasteiger partial charge in [0.05, 0.1) is 13.2 Å². The normalized spacial score (nSPS) is 12.0. The molecule has 0 aliphatic carbocycles. The molecule has 1 amide bonds. The molecule has 1 atom stereocenters. The fourth-order valence-corrected chi connectivity index (χ4v) is 3.08. The average molecular weight is 358 g/mol. The molecule has 0 saturated carbocycles. The zero-order valence-corrected chi connectivity index (χ0v) is 14.2. The standard InChI is InChI=1S/C18H18N2O4S/c21-8-9-23-16(17-7-4-10-25-17)12-19-18(22)14-11-15(24-20-14)13-5-2-1-3-6-13/h1-7,10-11,16,21H,8-9,12H2,(H,19,22). The topological polar surface area (TPSA) is 84.6 Å². The molecule has 25 heavy (non-hydrogen) atoms. The number of nitrogens with one attached hydrogen (secondary N) is 1. The quantitative estimate of drug-likeness (QED) is 0.647. The Balaban J connectivity index is 1.62. The van der Waals surface area contributed by atoms with Gasteiger partial charge >= 0.3 is 0 Å². The Morgan fingerprint density at radius 2 is 2.12 bits per heavy atom. The third kappa shape index (κ3) is 4.54. The van der Waals surface area contributed by atoms with Crippen molar-refractivity contribution in [1.29, 1.82) is 0 Å². The fourth-order valence-electron chi connectivity index (χ4n) is 2.31. The number of aliphatic hydroxyl groups excluding tert-OH is 1. The molecule has 0 aliphatic heterocycles. The highest BCUT2D eigenvalue weighted by Gasteiger charge is 2.18. The maximum Gasteiger partial charge on any atom is 0.273 e. The molecule has 6 nitrogen and oxygen atoms in total. The maximum atomic E-state index is 12.3. The molecule has 0 spiro atoms. The molecule has 130 valence electrons. The Kier molecular flexibility index (Phi) is 5.95. The first-order valence-electron chi connectivity index (χ1n) is 7.84. The number of amides is 1. The van der Waals surface area contributed by atoms with Crippen molar-refractivity contribution < 1.29 is 19.2 Å². The molecule has 0 radical (unpaired) electrons. The predicted molar refractivity (Wildman–Crippen MR) is 94.4 cm³/mol. The van der Waals surface area contributed by atoms with E-state index in [0.29, 0.717) is 5.76 Å². The monoisotopic (exact) mass is 358 g/mol. The summed E-state index contributed by atoms with van der Waals surface area (Å²) in [5.41, 5.74) is 1.07. The van der Waals surface area contributed by atoms with E-state index in [2.05, 4.69) is 10.5 Å². The smallest absolute Gasteiger partial charge is 0.273 e. The van der Waals surface area contributed by atoms with Crippen molar-refractivity contribution in [2.24, 2.45) is 0 Å². The number of rotatable bonds is 8. The molecule has 1 unspecified atom stereocenters. The van der Waals surface area contributed by atoms with Gasteiger partial charge < -0.3 is 19.7 Å². The van der Waals surface area contributed by atoms with Gasteiger partial charge in [-0.15, -0.1) is 11.3 Å². The number of carbonyl (C=O) groups excluding carboxylic acids is 1. The molecule has 0 saturated heterocycles. The van der Waals surface area contributed by atoms with Gasteiger partial charge in [0, 0.05) is 23.1 Å². The van der Waals surface area contributed by atoms with Gasteiger partial charge in [-0.05, 0) is 11.4 Å². The number of nitrogens with zero attached hydrogens (tertiary/aromatic N) is 1.